The Morgan fingerprint density at radius 3 is 2.73 bits per heavy atom. The summed E-state index contributed by atoms with van der Waals surface area (Å²) in [6.45, 7) is 0. The predicted molar refractivity (Wildman–Crippen MR) is 60.8 cm³/mol. The van der Waals surface area contributed by atoms with E-state index in [-0.39, 0.29) is 18.0 Å². The van der Waals surface area contributed by atoms with Gasteiger partial charge in [-0.25, -0.2) is 13.8 Å². The summed E-state index contributed by atoms with van der Waals surface area (Å²) in [4.78, 5) is 3.73. The van der Waals surface area contributed by atoms with Crippen molar-refractivity contribution in [2.45, 2.75) is 18.7 Å². The van der Waals surface area contributed by atoms with E-state index in [1.165, 1.54) is 0 Å². The highest BCUT2D eigenvalue weighted by Gasteiger charge is 2.17. The molecule has 0 amide bonds. The molecule has 1 rings (SSSR count). The summed E-state index contributed by atoms with van der Waals surface area (Å²) in [5.74, 6) is 0.0646. The largest absolute Gasteiger partial charge is 0.281 e. The van der Waals surface area contributed by atoms with E-state index in [4.69, 9.17) is 16.9 Å². The minimum atomic E-state index is -2.64. The SMILES string of the molecule is N#CCc1cc(CCl)nc(C(F)F)c1I. The van der Waals surface area contributed by atoms with Gasteiger partial charge in [-0.3, -0.25) is 0 Å². The number of nitrogens with zero attached hydrogens (tertiary/aromatic N) is 2. The van der Waals surface area contributed by atoms with Crippen LogP contribution in [0.3, 0.4) is 0 Å². The highest BCUT2D eigenvalue weighted by atomic mass is 127. The van der Waals surface area contributed by atoms with Crippen molar-refractivity contribution >= 4 is 34.2 Å². The maximum absolute atomic E-state index is 12.6. The number of hydrogen-bond donors (Lipinski definition) is 0. The van der Waals surface area contributed by atoms with E-state index < -0.39 is 6.43 Å². The first kappa shape index (κ1) is 12.6. The van der Waals surface area contributed by atoms with Crippen LogP contribution < -0.4 is 0 Å². The molecule has 0 atom stereocenters. The molecule has 0 aliphatic rings. The molecule has 0 aromatic carbocycles. The summed E-state index contributed by atoms with van der Waals surface area (Å²) in [5, 5.41) is 8.54. The fourth-order valence-electron chi connectivity index (χ4n) is 1.09. The van der Waals surface area contributed by atoms with Crippen LogP contribution >= 0.6 is 34.2 Å². The second-order valence-corrected chi connectivity index (χ2v) is 4.09. The van der Waals surface area contributed by atoms with Crippen molar-refractivity contribution < 1.29 is 8.78 Å². The molecule has 6 heteroatoms. The first-order valence-corrected chi connectivity index (χ1v) is 5.60. The van der Waals surface area contributed by atoms with E-state index in [0.29, 0.717) is 14.8 Å². The van der Waals surface area contributed by atoms with Gasteiger partial charge in [0.1, 0.15) is 5.69 Å². The molecular weight excluding hydrogens is 336 g/mol. The summed E-state index contributed by atoms with van der Waals surface area (Å²) in [6, 6.07) is 3.51. The first-order valence-electron chi connectivity index (χ1n) is 3.99. The third kappa shape index (κ3) is 2.98. The molecule has 1 aromatic heterocycles. The minimum Gasteiger partial charge on any atom is -0.249 e. The monoisotopic (exact) mass is 342 g/mol. The van der Waals surface area contributed by atoms with Gasteiger partial charge in [-0.2, -0.15) is 5.26 Å². The van der Waals surface area contributed by atoms with Crippen molar-refractivity contribution in [1.29, 1.82) is 5.26 Å². The summed E-state index contributed by atoms with van der Waals surface area (Å²) in [6.07, 6.45) is -2.55. The van der Waals surface area contributed by atoms with Crippen molar-refractivity contribution in [1.82, 2.24) is 4.98 Å². The van der Waals surface area contributed by atoms with Crippen LogP contribution in [0.4, 0.5) is 8.78 Å². The van der Waals surface area contributed by atoms with Crippen LogP contribution in [-0.2, 0) is 12.3 Å². The van der Waals surface area contributed by atoms with Crippen molar-refractivity contribution in [3.05, 3.63) is 26.6 Å². The summed E-state index contributed by atoms with van der Waals surface area (Å²) in [5.41, 5.74) is 0.635. The van der Waals surface area contributed by atoms with Gasteiger partial charge in [-0.1, -0.05) is 0 Å². The molecule has 0 saturated carbocycles. The van der Waals surface area contributed by atoms with E-state index in [9.17, 15) is 8.78 Å². The Morgan fingerprint density at radius 1 is 1.60 bits per heavy atom. The molecule has 15 heavy (non-hydrogen) atoms. The Balaban J connectivity index is 3.28. The van der Waals surface area contributed by atoms with E-state index in [2.05, 4.69) is 4.98 Å². The maximum Gasteiger partial charge on any atom is 0.281 e. The summed E-state index contributed by atoms with van der Waals surface area (Å²) in [7, 11) is 0. The second-order valence-electron chi connectivity index (χ2n) is 2.74. The van der Waals surface area contributed by atoms with E-state index in [1.807, 2.05) is 6.07 Å². The van der Waals surface area contributed by atoms with Crippen molar-refractivity contribution in [2.24, 2.45) is 0 Å². The Kier molecular flexibility index (Phi) is 4.67. The van der Waals surface area contributed by atoms with Crippen LogP contribution in [0, 0.1) is 14.9 Å². The zero-order valence-electron chi connectivity index (χ0n) is 7.48. The van der Waals surface area contributed by atoms with Gasteiger partial charge in [0.05, 0.1) is 24.1 Å². The zero-order valence-corrected chi connectivity index (χ0v) is 10.4. The molecule has 0 bridgehead atoms. The van der Waals surface area contributed by atoms with Crippen LogP contribution in [0.2, 0.25) is 0 Å². The van der Waals surface area contributed by atoms with Crippen molar-refractivity contribution in [3.8, 4) is 6.07 Å². The van der Waals surface area contributed by atoms with Gasteiger partial charge in [0, 0.05) is 3.57 Å². The number of alkyl halides is 3. The Labute approximate surface area is 104 Å². The first-order chi connectivity index (χ1) is 7.10. The molecule has 0 saturated heterocycles. The van der Waals surface area contributed by atoms with Gasteiger partial charge < -0.3 is 0 Å². The lowest BCUT2D eigenvalue weighted by atomic mass is 10.1. The molecule has 0 spiro atoms. The topological polar surface area (TPSA) is 36.7 Å². The number of aromatic nitrogens is 1. The fourth-order valence-corrected chi connectivity index (χ4v) is 1.93. The average Bonchev–Trinajstić information content (AvgIpc) is 2.21. The Hall–Kier alpha value is -0.480. The van der Waals surface area contributed by atoms with Crippen LogP contribution in [0.25, 0.3) is 0 Å². The quantitative estimate of drug-likeness (QED) is 0.623. The molecular formula is C9H6ClF2IN2. The van der Waals surface area contributed by atoms with E-state index in [0.717, 1.165) is 0 Å². The number of halogens is 4. The minimum absolute atomic E-state index is 0.0646. The van der Waals surface area contributed by atoms with E-state index >= 15 is 0 Å². The Morgan fingerprint density at radius 2 is 2.27 bits per heavy atom. The van der Waals surface area contributed by atoms with Crippen LogP contribution in [-0.4, -0.2) is 4.98 Å². The maximum atomic E-state index is 12.6. The normalized spacial score (nSPS) is 10.4. The zero-order chi connectivity index (χ0) is 11.4. The highest BCUT2D eigenvalue weighted by Crippen LogP contribution is 2.26. The highest BCUT2D eigenvalue weighted by molar-refractivity contribution is 14.1. The summed E-state index contributed by atoms with van der Waals surface area (Å²) < 4.78 is 25.5. The third-order valence-corrected chi connectivity index (χ3v) is 3.24. The molecule has 1 heterocycles. The number of pyridine rings is 1. The van der Waals surface area contributed by atoms with Crippen LogP contribution in [0.1, 0.15) is 23.4 Å². The lowest BCUT2D eigenvalue weighted by Gasteiger charge is -2.08. The molecule has 0 N–H and O–H groups in total. The van der Waals surface area contributed by atoms with Crippen molar-refractivity contribution in [2.75, 3.05) is 0 Å². The molecule has 0 unspecified atom stereocenters. The number of nitriles is 1. The number of rotatable bonds is 3. The third-order valence-electron chi connectivity index (χ3n) is 1.72. The van der Waals surface area contributed by atoms with Gasteiger partial charge in [-0.05, 0) is 34.2 Å². The van der Waals surface area contributed by atoms with Gasteiger partial charge in [-0.15, -0.1) is 11.6 Å². The molecule has 2 nitrogen and oxygen atoms in total. The molecule has 0 radical (unpaired) electrons. The Bertz CT molecular complexity index is 404. The lowest BCUT2D eigenvalue weighted by Crippen LogP contribution is -2.03. The van der Waals surface area contributed by atoms with E-state index in [1.54, 1.807) is 28.7 Å². The lowest BCUT2D eigenvalue weighted by molar-refractivity contribution is 0.144. The summed E-state index contributed by atoms with van der Waals surface area (Å²) >= 11 is 7.31. The average molecular weight is 343 g/mol. The van der Waals surface area contributed by atoms with Gasteiger partial charge >= 0.3 is 0 Å². The molecule has 0 aliphatic carbocycles. The molecule has 80 valence electrons. The number of hydrogen-bond acceptors (Lipinski definition) is 2. The molecule has 0 aliphatic heterocycles. The molecule has 0 fully saturated rings. The second kappa shape index (κ2) is 5.56. The van der Waals surface area contributed by atoms with Crippen molar-refractivity contribution in [3.63, 3.8) is 0 Å². The standard InChI is InChI=1S/C9H6ClF2IN2/c10-4-6-3-5(1-2-14)7(13)8(15-6)9(11)12/h3,9H,1,4H2. The predicted octanol–water partition coefficient (Wildman–Crippen LogP) is 3.43. The fraction of sp³-hybridized carbons (Fsp3) is 0.333. The molecule has 1 aromatic rings. The van der Waals surface area contributed by atoms with Crippen LogP contribution in [0.5, 0.6) is 0 Å². The van der Waals surface area contributed by atoms with Crippen LogP contribution in [0.15, 0.2) is 6.07 Å². The smallest absolute Gasteiger partial charge is 0.249 e. The van der Waals surface area contributed by atoms with Gasteiger partial charge in [0.2, 0.25) is 0 Å². The van der Waals surface area contributed by atoms with Gasteiger partial charge in [0.15, 0.2) is 0 Å². The van der Waals surface area contributed by atoms with Gasteiger partial charge in [0.25, 0.3) is 6.43 Å².